The first-order valence-corrected chi connectivity index (χ1v) is 6.90. The van der Waals surface area contributed by atoms with E-state index in [1.807, 2.05) is 0 Å². The van der Waals surface area contributed by atoms with E-state index in [1.165, 1.54) is 19.4 Å². The van der Waals surface area contributed by atoms with E-state index in [1.54, 1.807) is 12.1 Å². The number of halogens is 1. The molecule has 1 aromatic rings. The van der Waals surface area contributed by atoms with Crippen molar-refractivity contribution < 1.29 is 9.21 Å². The van der Waals surface area contributed by atoms with Crippen LogP contribution in [0, 0.1) is 0 Å². The zero-order valence-electron chi connectivity index (χ0n) is 10.2. The van der Waals surface area contributed by atoms with Gasteiger partial charge in [-0.05, 0) is 56.0 Å². The van der Waals surface area contributed by atoms with Crippen LogP contribution < -0.4 is 5.32 Å². The molecule has 2 aliphatic heterocycles. The number of rotatable bonds is 2. The number of fused-ring (bicyclic) bond motifs is 1. The van der Waals surface area contributed by atoms with Gasteiger partial charge in [-0.25, -0.2) is 0 Å². The Bertz CT molecular complexity index is 446. The maximum Gasteiger partial charge on any atom is 0.287 e. The van der Waals surface area contributed by atoms with Crippen molar-refractivity contribution in [1.29, 1.82) is 0 Å². The Balaban J connectivity index is 1.58. The van der Waals surface area contributed by atoms with Crippen LogP contribution in [0.5, 0.6) is 0 Å². The van der Waals surface area contributed by atoms with Crippen molar-refractivity contribution in [3.8, 4) is 0 Å². The number of furan rings is 1. The lowest BCUT2D eigenvalue weighted by Crippen LogP contribution is -2.47. The Morgan fingerprint density at radius 3 is 3.06 bits per heavy atom. The second-order valence-corrected chi connectivity index (χ2v) is 5.50. The molecule has 2 fully saturated rings. The summed E-state index contributed by atoms with van der Waals surface area (Å²) in [7, 11) is 0. The Morgan fingerprint density at radius 1 is 1.39 bits per heavy atom. The molecule has 2 saturated heterocycles. The fourth-order valence-electron chi connectivity index (χ4n) is 3.05. The Labute approximate surface area is 111 Å². The molecule has 0 radical (unpaired) electrons. The molecular formula is C13H17ClN2O2. The van der Waals surface area contributed by atoms with Gasteiger partial charge in [0.2, 0.25) is 0 Å². The van der Waals surface area contributed by atoms with Gasteiger partial charge < -0.3 is 14.6 Å². The molecule has 0 spiro atoms. The Morgan fingerprint density at radius 2 is 2.28 bits per heavy atom. The molecule has 0 aliphatic carbocycles. The van der Waals surface area contributed by atoms with Crippen LogP contribution in [0.1, 0.15) is 36.2 Å². The van der Waals surface area contributed by atoms with Crippen LogP contribution in [0.3, 0.4) is 0 Å². The van der Waals surface area contributed by atoms with Gasteiger partial charge in [-0.2, -0.15) is 0 Å². The molecule has 2 unspecified atom stereocenters. The highest BCUT2D eigenvalue weighted by atomic mass is 35.5. The molecule has 1 amide bonds. The molecule has 3 rings (SSSR count). The molecule has 2 aliphatic rings. The van der Waals surface area contributed by atoms with Crippen LogP contribution in [-0.2, 0) is 0 Å². The van der Waals surface area contributed by atoms with Gasteiger partial charge in [0, 0.05) is 18.6 Å². The fourth-order valence-corrected chi connectivity index (χ4v) is 3.19. The summed E-state index contributed by atoms with van der Waals surface area (Å²) in [6.45, 7) is 2.31. The first kappa shape index (κ1) is 12.1. The van der Waals surface area contributed by atoms with E-state index in [2.05, 4.69) is 10.2 Å². The summed E-state index contributed by atoms with van der Waals surface area (Å²) in [5.74, 6) is 0.146. The van der Waals surface area contributed by atoms with E-state index in [0.29, 0.717) is 11.8 Å². The van der Waals surface area contributed by atoms with Gasteiger partial charge in [-0.3, -0.25) is 4.79 Å². The topological polar surface area (TPSA) is 45.5 Å². The molecule has 4 nitrogen and oxygen atoms in total. The average molecular weight is 269 g/mol. The summed E-state index contributed by atoms with van der Waals surface area (Å²) < 4.78 is 5.12. The van der Waals surface area contributed by atoms with Crippen molar-refractivity contribution in [3.63, 3.8) is 0 Å². The molecule has 0 aromatic carbocycles. The van der Waals surface area contributed by atoms with Crippen LogP contribution in [0.15, 0.2) is 16.5 Å². The first-order chi connectivity index (χ1) is 8.72. The minimum absolute atomic E-state index is 0.154. The molecule has 18 heavy (non-hydrogen) atoms. The van der Waals surface area contributed by atoms with Gasteiger partial charge in [0.05, 0.1) is 0 Å². The average Bonchev–Trinajstić information content (AvgIpc) is 2.96. The summed E-state index contributed by atoms with van der Waals surface area (Å²) in [5, 5.41) is 3.30. The SMILES string of the molecule is O=C(NC1CCN2CCCC2C1)c1ccc(Cl)o1. The number of carbonyl (C=O) groups excluding carboxylic acids is 1. The lowest BCUT2D eigenvalue weighted by atomic mass is 9.97. The van der Waals surface area contributed by atoms with Gasteiger partial charge in [-0.15, -0.1) is 0 Å². The zero-order valence-corrected chi connectivity index (χ0v) is 10.9. The maximum atomic E-state index is 11.9. The van der Waals surface area contributed by atoms with Crippen molar-refractivity contribution >= 4 is 17.5 Å². The lowest BCUT2D eigenvalue weighted by Gasteiger charge is -2.34. The predicted octanol–water partition coefficient (Wildman–Crippen LogP) is 2.29. The minimum Gasteiger partial charge on any atom is -0.440 e. The monoisotopic (exact) mass is 268 g/mol. The van der Waals surface area contributed by atoms with Crippen LogP contribution in [0.2, 0.25) is 5.22 Å². The van der Waals surface area contributed by atoms with Crippen molar-refractivity contribution in [1.82, 2.24) is 10.2 Å². The van der Waals surface area contributed by atoms with Gasteiger partial charge in [-0.1, -0.05) is 0 Å². The van der Waals surface area contributed by atoms with Crippen LogP contribution in [0.4, 0.5) is 0 Å². The first-order valence-electron chi connectivity index (χ1n) is 6.52. The lowest BCUT2D eigenvalue weighted by molar-refractivity contribution is 0.0868. The second kappa shape index (κ2) is 4.94. The summed E-state index contributed by atoms with van der Waals surface area (Å²) in [6.07, 6.45) is 4.63. The minimum atomic E-state index is -0.154. The molecule has 1 aromatic heterocycles. The Hall–Kier alpha value is -1.00. The second-order valence-electron chi connectivity index (χ2n) is 5.13. The third kappa shape index (κ3) is 2.40. The van der Waals surface area contributed by atoms with E-state index < -0.39 is 0 Å². The predicted molar refractivity (Wildman–Crippen MR) is 68.8 cm³/mol. The number of amides is 1. The normalized spacial score (nSPS) is 28.1. The summed E-state index contributed by atoms with van der Waals surface area (Å²) in [6, 6.07) is 4.13. The van der Waals surface area contributed by atoms with Crippen molar-refractivity contribution in [2.75, 3.05) is 13.1 Å². The van der Waals surface area contributed by atoms with Gasteiger partial charge in [0.15, 0.2) is 11.0 Å². The summed E-state index contributed by atoms with van der Waals surface area (Å²) in [5.41, 5.74) is 0. The standard InChI is InChI=1S/C13H17ClN2O2/c14-12-4-3-11(18-12)13(17)15-9-5-7-16-6-1-2-10(16)8-9/h3-4,9-10H,1-2,5-8H2,(H,15,17). The van der Waals surface area contributed by atoms with E-state index in [9.17, 15) is 4.79 Å². The van der Waals surface area contributed by atoms with Crippen LogP contribution in [-0.4, -0.2) is 36.0 Å². The molecule has 0 bridgehead atoms. The molecule has 1 N–H and O–H groups in total. The van der Waals surface area contributed by atoms with Crippen molar-refractivity contribution in [2.24, 2.45) is 0 Å². The van der Waals surface area contributed by atoms with Crippen molar-refractivity contribution in [3.05, 3.63) is 23.1 Å². The molecule has 2 atom stereocenters. The number of carbonyl (C=O) groups is 1. The summed E-state index contributed by atoms with van der Waals surface area (Å²) >= 11 is 5.67. The van der Waals surface area contributed by atoms with E-state index >= 15 is 0 Å². The summed E-state index contributed by atoms with van der Waals surface area (Å²) in [4.78, 5) is 14.5. The highest BCUT2D eigenvalue weighted by Crippen LogP contribution is 2.27. The quantitative estimate of drug-likeness (QED) is 0.895. The number of hydrogen-bond acceptors (Lipinski definition) is 3. The molecule has 0 saturated carbocycles. The smallest absolute Gasteiger partial charge is 0.287 e. The number of hydrogen-bond donors (Lipinski definition) is 1. The molecule has 98 valence electrons. The molecular weight excluding hydrogens is 252 g/mol. The van der Waals surface area contributed by atoms with Gasteiger partial charge in [0.25, 0.3) is 5.91 Å². The fraction of sp³-hybridized carbons (Fsp3) is 0.615. The highest BCUT2D eigenvalue weighted by molar-refractivity contribution is 6.29. The van der Waals surface area contributed by atoms with E-state index in [-0.39, 0.29) is 17.2 Å². The van der Waals surface area contributed by atoms with Crippen LogP contribution >= 0.6 is 11.6 Å². The van der Waals surface area contributed by atoms with Gasteiger partial charge >= 0.3 is 0 Å². The zero-order chi connectivity index (χ0) is 12.5. The van der Waals surface area contributed by atoms with E-state index in [0.717, 1.165) is 19.4 Å². The number of nitrogens with zero attached hydrogens (tertiary/aromatic N) is 1. The third-order valence-electron chi connectivity index (χ3n) is 3.95. The molecule has 3 heterocycles. The molecule has 5 heteroatoms. The largest absolute Gasteiger partial charge is 0.440 e. The van der Waals surface area contributed by atoms with Crippen molar-refractivity contribution in [2.45, 2.75) is 37.8 Å². The maximum absolute atomic E-state index is 11.9. The third-order valence-corrected chi connectivity index (χ3v) is 4.16. The Kier molecular flexibility index (Phi) is 3.31. The van der Waals surface area contributed by atoms with E-state index in [4.69, 9.17) is 16.0 Å². The van der Waals surface area contributed by atoms with Gasteiger partial charge in [0.1, 0.15) is 0 Å². The number of piperidine rings is 1. The number of nitrogens with one attached hydrogen (secondary N) is 1. The van der Waals surface area contributed by atoms with Crippen LogP contribution in [0.25, 0.3) is 0 Å². The highest BCUT2D eigenvalue weighted by Gasteiger charge is 2.32.